The first-order valence-electron chi connectivity index (χ1n) is 9.99. The van der Waals surface area contributed by atoms with Gasteiger partial charge in [0.05, 0.1) is 6.04 Å². The molecule has 0 saturated carbocycles. The predicted octanol–water partition coefficient (Wildman–Crippen LogP) is -1.16. The summed E-state index contributed by atoms with van der Waals surface area (Å²) in [6.07, 6.45) is 0.143. The molecule has 5 unspecified atom stereocenters. The van der Waals surface area contributed by atoms with Crippen molar-refractivity contribution in [1.82, 2.24) is 16.0 Å². The highest BCUT2D eigenvalue weighted by Gasteiger charge is 2.31. The first-order valence-corrected chi connectivity index (χ1v) is 9.99. The molecule has 5 atom stereocenters. The average molecular weight is 430 g/mol. The van der Waals surface area contributed by atoms with E-state index < -0.39 is 53.8 Å². The van der Waals surface area contributed by atoms with E-state index in [0.717, 1.165) is 0 Å². The van der Waals surface area contributed by atoms with Gasteiger partial charge in [0, 0.05) is 6.42 Å². The van der Waals surface area contributed by atoms with Crippen molar-refractivity contribution in [1.29, 1.82) is 0 Å². The Bertz CT molecular complexity index is 639. The molecule has 30 heavy (non-hydrogen) atoms. The molecule has 0 aromatic rings. The van der Waals surface area contributed by atoms with Gasteiger partial charge in [0.25, 0.3) is 0 Å². The second kappa shape index (κ2) is 12.8. The first kappa shape index (κ1) is 27.3. The normalized spacial score (nSPS) is 16.0. The van der Waals surface area contributed by atoms with Gasteiger partial charge in [-0.15, -0.1) is 0 Å². The number of hydrogen-bond donors (Lipinski definition) is 6. The lowest BCUT2D eigenvalue weighted by Gasteiger charge is -2.27. The zero-order valence-corrected chi connectivity index (χ0v) is 18.2. The zero-order chi connectivity index (χ0) is 23.6. The van der Waals surface area contributed by atoms with E-state index in [0.29, 0.717) is 6.42 Å². The van der Waals surface area contributed by atoms with E-state index >= 15 is 0 Å². The summed E-state index contributed by atoms with van der Waals surface area (Å²) in [7, 11) is 0. The molecule has 0 saturated heterocycles. The summed E-state index contributed by atoms with van der Waals surface area (Å²) in [6.45, 7) is 8.54. The van der Waals surface area contributed by atoms with Crippen LogP contribution in [0.1, 0.15) is 53.9 Å². The van der Waals surface area contributed by atoms with E-state index in [1.165, 1.54) is 6.92 Å². The number of carbonyl (C=O) groups is 5. The summed E-state index contributed by atoms with van der Waals surface area (Å²) in [4.78, 5) is 59.5. The maximum Gasteiger partial charge on any atom is 0.326 e. The zero-order valence-electron chi connectivity index (χ0n) is 18.2. The second-order valence-electron chi connectivity index (χ2n) is 7.78. The molecule has 0 heterocycles. The monoisotopic (exact) mass is 429 g/mol. The van der Waals surface area contributed by atoms with Crippen LogP contribution in [-0.2, 0) is 24.0 Å². The molecule has 0 aromatic heterocycles. The summed E-state index contributed by atoms with van der Waals surface area (Å²) < 4.78 is 0. The lowest BCUT2D eigenvalue weighted by Crippen LogP contribution is -2.58. The maximum absolute atomic E-state index is 12.7. The lowest BCUT2D eigenvalue weighted by atomic mass is 9.97. The molecule has 0 rings (SSSR count). The minimum Gasteiger partial charge on any atom is -0.480 e. The fourth-order valence-electron chi connectivity index (χ4n) is 2.46. The third kappa shape index (κ3) is 9.21. The molecular weight excluding hydrogens is 394 g/mol. The molecule has 0 radical (unpaired) electrons. The van der Waals surface area contributed by atoms with E-state index in [1.807, 2.05) is 6.92 Å². The van der Waals surface area contributed by atoms with Gasteiger partial charge >= 0.3 is 5.97 Å². The SMILES string of the molecule is CCC(C)C(NC(=O)C(C)NC(=O)C(N)C(C)C)C(=O)NC(CCC(N)=O)C(=O)O. The van der Waals surface area contributed by atoms with Crippen LogP contribution in [0.5, 0.6) is 0 Å². The summed E-state index contributed by atoms with van der Waals surface area (Å²) in [5.74, 6) is -4.24. The van der Waals surface area contributed by atoms with Gasteiger partial charge in [-0.1, -0.05) is 34.1 Å². The topological polar surface area (TPSA) is 194 Å². The second-order valence-corrected chi connectivity index (χ2v) is 7.78. The molecule has 11 nitrogen and oxygen atoms in total. The van der Waals surface area contributed by atoms with Crippen molar-refractivity contribution < 1.29 is 29.1 Å². The van der Waals surface area contributed by atoms with E-state index in [9.17, 15) is 29.1 Å². The Balaban J connectivity index is 5.19. The number of hydrogen-bond acceptors (Lipinski definition) is 6. The van der Waals surface area contributed by atoms with Crippen LogP contribution < -0.4 is 27.4 Å². The molecule has 0 spiro atoms. The number of nitrogens with two attached hydrogens (primary N) is 2. The minimum atomic E-state index is -1.32. The molecule has 172 valence electrons. The summed E-state index contributed by atoms with van der Waals surface area (Å²) in [5.41, 5.74) is 10.8. The highest BCUT2D eigenvalue weighted by Crippen LogP contribution is 2.10. The number of nitrogens with one attached hydrogen (secondary N) is 3. The van der Waals surface area contributed by atoms with Crippen molar-refractivity contribution in [3.8, 4) is 0 Å². The number of rotatable bonds is 13. The molecule has 0 aliphatic carbocycles. The predicted molar refractivity (Wildman–Crippen MR) is 110 cm³/mol. The van der Waals surface area contributed by atoms with E-state index in [2.05, 4.69) is 16.0 Å². The lowest BCUT2D eigenvalue weighted by molar-refractivity contribution is -0.143. The molecule has 0 aliphatic rings. The van der Waals surface area contributed by atoms with Gasteiger partial charge < -0.3 is 32.5 Å². The Hall–Kier alpha value is -2.69. The number of amides is 4. The van der Waals surface area contributed by atoms with Gasteiger partial charge in [-0.05, 0) is 25.2 Å². The third-order valence-electron chi connectivity index (χ3n) is 4.86. The first-order chi connectivity index (χ1) is 13.8. The fourth-order valence-corrected chi connectivity index (χ4v) is 2.46. The van der Waals surface area contributed by atoms with E-state index in [1.54, 1.807) is 20.8 Å². The summed E-state index contributed by atoms with van der Waals surface area (Å²) in [5, 5.41) is 16.7. The van der Waals surface area contributed by atoms with Crippen molar-refractivity contribution in [2.24, 2.45) is 23.3 Å². The quantitative estimate of drug-likeness (QED) is 0.212. The van der Waals surface area contributed by atoms with Crippen LogP contribution in [0.2, 0.25) is 0 Å². The molecule has 0 bridgehead atoms. The van der Waals surface area contributed by atoms with Crippen molar-refractivity contribution in [2.45, 2.75) is 78.0 Å². The Morgan fingerprint density at radius 1 is 0.900 bits per heavy atom. The molecule has 0 aliphatic heterocycles. The minimum absolute atomic E-state index is 0.118. The van der Waals surface area contributed by atoms with Gasteiger partial charge in [-0.3, -0.25) is 19.2 Å². The van der Waals surface area contributed by atoms with Crippen molar-refractivity contribution >= 4 is 29.6 Å². The van der Waals surface area contributed by atoms with Crippen LogP contribution in [-0.4, -0.2) is 58.9 Å². The molecule has 0 aromatic carbocycles. The van der Waals surface area contributed by atoms with Crippen LogP contribution in [0.3, 0.4) is 0 Å². The Morgan fingerprint density at radius 2 is 1.47 bits per heavy atom. The Labute approximate surface area is 176 Å². The standard InChI is InChI=1S/C19H35N5O6/c1-6-10(4)15(18(28)23-12(19(29)30)7-8-13(20)25)24-16(26)11(5)22-17(27)14(21)9(2)3/h9-12,14-15H,6-8,21H2,1-5H3,(H2,20,25)(H,22,27)(H,23,28)(H,24,26)(H,29,30). The number of carboxylic acid groups (broad SMARTS) is 1. The third-order valence-corrected chi connectivity index (χ3v) is 4.86. The fraction of sp³-hybridized carbons (Fsp3) is 0.737. The maximum atomic E-state index is 12.7. The molecule has 11 heteroatoms. The largest absolute Gasteiger partial charge is 0.480 e. The summed E-state index contributed by atoms with van der Waals surface area (Å²) >= 11 is 0. The summed E-state index contributed by atoms with van der Waals surface area (Å²) in [6, 6.07) is -4.09. The average Bonchev–Trinajstić information content (AvgIpc) is 2.66. The van der Waals surface area contributed by atoms with Gasteiger partial charge in [0.1, 0.15) is 18.1 Å². The smallest absolute Gasteiger partial charge is 0.326 e. The van der Waals surface area contributed by atoms with E-state index in [4.69, 9.17) is 11.5 Å². The van der Waals surface area contributed by atoms with Gasteiger partial charge in [0.15, 0.2) is 0 Å². The highest BCUT2D eigenvalue weighted by atomic mass is 16.4. The molecule has 0 fully saturated rings. The van der Waals surface area contributed by atoms with Gasteiger partial charge in [-0.2, -0.15) is 0 Å². The van der Waals surface area contributed by atoms with Crippen LogP contribution in [0.4, 0.5) is 0 Å². The molecule has 4 amide bonds. The van der Waals surface area contributed by atoms with Gasteiger partial charge in [0.2, 0.25) is 23.6 Å². The molecule has 8 N–H and O–H groups in total. The number of carboxylic acids is 1. The highest BCUT2D eigenvalue weighted by molar-refractivity contribution is 5.94. The van der Waals surface area contributed by atoms with Crippen LogP contribution >= 0.6 is 0 Å². The van der Waals surface area contributed by atoms with Crippen molar-refractivity contribution in [2.75, 3.05) is 0 Å². The van der Waals surface area contributed by atoms with Gasteiger partial charge in [-0.25, -0.2) is 4.79 Å². The van der Waals surface area contributed by atoms with Crippen LogP contribution in [0, 0.1) is 11.8 Å². The number of carbonyl (C=O) groups excluding carboxylic acids is 4. The molecular formula is C19H35N5O6. The van der Waals surface area contributed by atoms with Crippen LogP contribution in [0.25, 0.3) is 0 Å². The van der Waals surface area contributed by atoms with Crippen molar-refractivity contribution in [3.05, 3.63) is 0 Å². The Morgan fingerprint density at radius 3 is 1.90 bits per heavy atom. The Kier molecular flexibility index (Phi) is 11.6. The number of aliphatic carboxylic acids is 1. The van der Waals surface area contributed by atoms with Crippen molar-refractivity contribution in [3.63, 3.8) is 0 Å². The van der Waals surface area contributed by atoms with Crippen LogP contribution in [0.15, 0.2) is 0 Å². The number of primary amides is 1. The van der Waals surface area contributed by atoms with E-state index in [-0.39, 0.29) is 24.7 Å².